The highest BCUT2D eigenvalue weighted by Gasteiger charge is 2.34. The monoisotopic (exact) mass is 435 g/mol. The molecule has 1 N–H and O–H groups in total. The third kappa shape index (κ3) is 3.77. The topological polar surface area (TPSA) is 49.2 Å². The quantitative estimate of drug-likeness (QED) is 0.298. The van der Waals surface area contributed by atoms with E-state index in [1.54, 1.807) is 31.2 Å². The molecule has 0 aliphatic carbocycles. The number of hydrogen-bond acceptors (Lipinski definition) is 3. The van der Waals surface area contributed by atoms with Gasteiger partial charge in [-0.15, -0.1) is 0 Å². The molecule has 0 spiro atoms. The number of hydrogen-bond donors (Lipinski definition) is 1. The van der Waals surface area contributed by atoms with Crippen LogP contribution in [0.25, 0.3) is 22.0 Å². The van der Waals surface area contributed by atoms with Gasteiger partial charge in [-0.05, 0) is 23.8 Å². The van der Waals surface area contributed by atoms with Gasteiger partial charge in [0, 0.05) is 29.8 Å². The molecule has 162 valence electrons. The fraction of sp³-hybridized carbons (Fsp3) is 0.120. The summed E-state index contributed by atoms with van der Waals surface area (Å²) in [5, 5.41) is 9.23. The molecule has 0 aliphatic rings. The van der Waals surface area contributed by atoms with Crippen LogP contribution in [0.5, 0.6) is 5.75 Å². The first-order valence-electron chi connectivity index (χ1n) is 9.83. The zero-order valence-corrected chi connectivity index (χ0v) is 17.4. The van der Waals surface area contributed by atoms with Crippen molar-refractivity contribution < 1.29 is 17.9 Å². The molecule has 0 unspecified atom stereocenters. The molecule has 0 bridgehead atoms. The van der Waals surface area contributed by atoms with Gasteiger partial charge in [0.15, 0.2) is 0 Å². The van der Waals surface area contributed by atoms with E-state index in [2.05, 4.69) is 4.98 Å². The summed E-state index contributed by atoms with van der Waals surface area (Å²) in [6.07, 6.45) is -3.20. The molecule has 1 aromatic heterocycles. The Balaban J connectivity index is 1.96. The van der Waals surface area contributed by atoms with Gasteiger partial charge in [-0.1, -0.05) is 54.6 Å². The lowest BCUT2D eigenvalue weighted by Crippen LogP contribution is -2.27. The molecule has 0 saturated carbocycles. The molecule has 4 aromatic rings. The van der Waals surface area contributed by atoms with E-state index in [4.69, 9.17) is 10.1 Å². The van der Waals surface area contributed by atoms with Crippen LogP contribution in [0.4, 0.5) is 18.9 Å². The Kier molecular flexibility index (Phi) is 5.57. The number of amidine groups is 1. The lowest BCUT2D eigenvalue weighted by molar-refractivity contribution is -0.136. The fourth-order valence-electron chi connectivity index (χ4n) is 3.76. The first-order chi connectivity index (χ1) is 15.3. The lowest BCUT2D eigenvalue weighted by Gasteiger charge is -2.24. The van der Waals surface area contributed by atoms with Crippen LogP contribution in [0.3, 0.4) is 0 Å². The number of para-hydroxylation sites is 3. The summed E-state index contributed by atoms with van der Waals surface area (Å²) in [5.74, 6) is 0.661. The Morgan fingerprint density at radius 2 is 1.62 bits per heavy atom. The Morgan fingerprint density at radius 3 is 2.31 bits per heavy atom. The van der Waals surface area contributed by atoms with Crippen LogP contribution >= 0.6 is 0 Å². The molecular formula is C25H20F3N3O. The molecule has 7 heteroatoms. The number of nitrogens with one attached hydrogen (secondary N) is 1. The molecule has 1 heterocycles. The molecule has 32 heavy (non-hydrogen) atoms. The minimum absolute atomic E-state index is 0.0835. The lowest BCUT2D eigenvalue weighted by atomic mass is 9.94. The number of halogens is 3. The summed E-state index contributed by atoms with van der Waals surface area (Å²) in [5.41, 5.74) is 1.35. The van der Waals surface area contributed by atoms with Gasteiger partial charge in [0.05, 0.1) is 23.9 Å². The minimum Gasteiger partial charge on any atom is -0.495 e. The van der Waals surface area contributed by atoms with Gasteiger partial charge < -0.3 is 9.64 Å². The molecule has 0 fully saturated rings. The fourth-order valence-corrected chi connectivity index (χ4v) is 3.76. The number of rotatable bonds is 4. The maximum Gasteiger partial charge on any atom is 0.418 e. The van der Waals surface area contributed by atoms with Crippen molar-refractivity contribution in [1.82, 2.24) is 4.98 Å². The van der Waals surface area contributed by atoms with E-state index in [9.17, 15) is 13.2 Å². The van der Waals surface area contributed by atoms with E-state index in [-0.39, 0.29) is 11.4 Å². The van der Waals surface area contributed by atoms with Gasteiger partial charge in [-0.25, -0.2) is 0 Å². The molecule has 4 rings (SSSR count). The zero-order valence-electron chi connectivity index (χ0n) is 17.4. The van der Waals surface area contributed by atoms with Crippen LogP contribution in [0, 0.1) is 5.41 Å². The standard InChI is InChI=1S/C25H20F3N3O/c1-31(20-13-6-7-14-21(20)32-2)24(29)18-15-30-23-17(11-8-12-19(23)25(26,27)28)22(18)16-9-4-3-5-10-16/h3-15,29H,1-2H3. The van der Waals surface area contributed by atoms with E-state index < -0.39 is 11.7 Å². The highest BCUT2D eigenvalue weighted by atomic mass is 19.4. The second kappa shape index (κ2) is 8.34. The number of benzene rings is 3. The number of anilines is 1. The smallest absolute Gasteiger partial charge is 0.418 e. The van der Waals surface area contributed by atoms with Crippen LogP contribution in [0.2, 0.25) is 0 Å². The number of nitrogens with zero attached hydrogens (tertiary/aromatic N) is 2. The highest BCUT2D eigenvalue weighted by molar-refractivity contribution is 6.16. The van der Waals surface area contributed by atoms with E-state index in [1.165, 1.54) is 12.3 Å². The van der Waals surface area contributed by atoms with Crippen molar-refractivity contribution >= 4 is 22.4 Å². The van der Waals surface area contributed by atoms with E-state index in [0.717, 1.165) is 6.07 Å². The average molecular weight is 435 g/mol. The Labute approximate surface area is 183 Å². The predicted octanol–water partition coefficient (Wildman–Crippen LogP) is 6.39. The van der Waals surface area contributed by atoms with Crippen LogP contribution in [-0.4, -0.2) is 25.0 Å². The number of ether oxygens (including phenoxy) is 1. The van der Waals surface area contributed by atoms with E-state index >= 15 is 0 Å². The van der Waals surface area contributed by atoms with Crippen LogP contribution in [0.15, 0.2) is 79.0 Å². The van der Waals surface area contributed by atoms with E-state index in [1.807, 2.05) is 48.5 Å². The second-order valence-corrected chi connectivity index (χ2v) is 7.19. The summed E-state index contributed by atoms with van der Waals surface area (Å²) in [6.45, 7) is 0. The van der Waals surface area contributed by atoms with Crippen LogP contribution in [-0.2, 0) is 6.18 Å². The Morgan fingerprint density at radius 1 is 0.938 bits per heavy atom. The number of aromatic nitrogens is 1. The van der Waals surface area contributed by atoms with Crippen LogP contribution in [0.1, 0.15) is 11.1 Å². The zero-order chi connectivity index (χ0) is 22.9. The molecule has 0 saturated heterocycles. The van der Waals surface area contributed by atoms with E-state index in [0.29, 0.717) is 33.5 Å². The SMILES string of the molecule is COc1ccccc1N(C)C(=N)c1cnc2c(C(F)(F)F)cccc2c1-c1ccccc1. The summed E-state index contributed by atoms with van der Waals surface area (Å²) in [4.78, 5) is 5.78. The summed E-state index contributed by atoms with van der Waals surface area (Å²) in [7, 11) is 3.26. The normalized spacial score (nSPS) is 11.4. The molecule has 0 aliphatic heterocycles. The van der Waals surface area contributed by atoms with Crippen molar-refractivity contribution in [3.05, 3.63) is 90.1 Å². The van der Waals surface area contributed by atoms with Gasteiger partial charge >= 0.3 is 6.18 Å². The average Bonchev–Trinajstić information content (AvgIpc) is 2.81. The molecule has 0 amide bonds. The van der Waals surface area contributed by atoms with Crippen LogP contribution < -0.4 is 9.64 Å². The first kappa shape index (κ1) is 21.4. The molecule has 0 radical (unpaired) electrons. The Hall–Kier alpha value is -3.87. The summed E-state index contributed by atoms with van der Waals surface area (Å²) in [6, 6.07) is 20.3. The van der Waals surface area contributed by atoms with Crippen molar-refractivity contribution in [3.63, 3.8) is 0 Å². The third-order valence-electron chi connectivity index (χ3n) is 5.30. The highest BCUT2D eigenvalue weighted by Crippen LogP contribution is 2.39. The van der Waals surface area contributed by atoms with Crippen molar-refractivity contribution in [2.75, 3.05) is 19.1 Å². The molecule has 3 aromatic carbocycles. The van der Waals surface area contributed by atoms with Crippen molar-refractivity contribution in [2.24, 2.45) is 0 Å². The molecule has 0 atom stereocenters. The van der Waals surface area contributed by atoms with Gasteiger partial charge in [-0.3, -0.25) is 10.4 Å². The van der Waals surface area contributed by atoms with Gasteiger partial charge in [0.1, 0.15) is 11.6 Å². The first-order valence-corrected chi connectivity index (χ1v) is 9.83. The predicted molar refractivity (Wildman–Crippen MR) is 120 cm³/mol. The van der Waals surface area contributed by atoms with Crippen molar-refractivity contribution in [3.8, 4) is 16.9 Å². The number of alkyl halides is 3. The molecular weight excluding hydrogens is 415 g/mol. The minimum atomic E-state index is -4.54. The van der Waals surface area contributed by atoms with Gasteiger partial charge in [0.25, 0.3) is 0 Å². The maximum absolute atomic E-state index is 13.6. The van der Waals surface area contributed by atoms with Crippen molar-refractivity contribution in [1.29, 1.82) is 5.41 Å². The number of pyridine rings is 1. The largest absolute Gasteiger partial charge is 0.495 e. The molecule has 4 nitrogen and oxygen atoms in total. The second-order valence-electron chi connectivity index (χ2n) is 7.19. The third-order valence-corrected chi connectivity index (χ3v) is 5.30. The number of fused-ring (bicyclic) bond motifs is 1. The maximum atomic E-state index is 13.6. The van der Waals surface area contributed by atoms with Gasteiger partial charge in [-0.2, -0.15) is 13.2 Å². The summed E-state index contributed by atoms with van der Waals surface area (Å²) >= 11 is 0. The van der Waals surface area contributed by atoms with Gasteiger partial charge in [0.2, 0.25) is 0 Å². The summed E-state index contributed by atoms with van der Waals surface area (Å²) < 4.78 is 46.3. The number of methoxy groups -OCH3 is 1. The van der Waals surface area contributed by atoms with Crippen molar-refractivity contribution in [2.45, 2.75) is 6.18 Å². The Bertz CT molecular complexity index is 1290.